The van der Waals surface area contributed by atoms with E-state index < -0.39 is 0 Å². The Hall–Kier alpha value is -3.28. The second-order valence-electron chi connectivity index (χ2n) is 5.99. The molecule has 0 bridgehead atoms. The molecular formula is C20H21N5O. The minimum absolute atomic E-state index is 0.138. The lowest BCUT2D eigenvalue weighted by Gasteiger charge is -2.19. The van der Waals surface area contributed by atoms with E-state index >= 15 is 0 Å². The van der Waals surface area contributed by atoms with E-state index in [1.165, 1.54) is 6.20 Å². The maximum absolute atomic E-state index is 12.5. The van der Waals surface area contributed by atoms with Crippen LogP contribution in [0.2, 0.25) is 0 Å². The lowest BCUT2D eigenvalue weighted by molar-refractivity contribution is 0.0790. The van der Waals surface area contributed by atoms with Crippen molar-refractivity contribution in [2.75, 3.05) is 25.5 Å². The Morgan fingerprint density at radius 2 is 1.69 bits per heavy atom. The Morgan fingerprint density at radius 3 is 2.35 bits per heavy atom. The zero-order valence-electron chi connectivity index (χ0n) is 14.9. The molecule has 0 spiro atoms. The van der Waals surface area contributed by atoms with Crippen LogP contribution >= 0.6 is 0 Å². The van der Waals surface area contributed by atoms with Gasteiger partial charge in [0.25, 0.3) is 5.91 Å². The van der Waals surface area contributed by atoms with Crippen LogP contribution in [0.1, 0.15) is 16.1 Å². The fraction of sp³-hybridized carbons (Fsp3) is 0.200. The third-order valence-electron chi connectivity index (χ3n) is 4.18. The van der Waals surface area contributed by atoms with Crippen molar-refractivity contribution in [1.82, 2.24) is 19.9 Å². The van der Waals surface area contributed by atoms with Gasteiger partial charge in [0.15, 0.2) is 5.82 Å². The predicted octanol–water partition coefficient (Wildman–Crippen LogP) is 2.95. The van der Waals surface area contributed by atoms with Gasteiger partial charge < -0.3 is 9.80 Å². The molecule has 1 aromatic carbocycles. The molecule has 0 atom stereocenters. The van der Waals surface area contributed by atoms with E-state index in [0.29, 0.717) is 18.1 Å². The number of likely N-dealkylation sites (N-methyl/N-ethyl adjacent to an activating group) is 1. The first-order valence-corrected chi connectivity index (χ1v) is 8.40. The van der Waals surface area contributed by atoms with E-state index in [0.717, 1.165) is 17.7 Å². The number of anilines is 2. The number of carbonyl (C=O) groups is 1. The molecule has 6 heteroatoms. The van der Waals surface area contributed by atoms with Crippen molar-refractivity contribution >= 4 is 17.4 Å². The summed E-state index contributed by atoms with van der Waals surface area (Å²) >= 11 is 0. The Balaban J connectivity index is 1.63. The molecule has 3 rings (SSSR count). The maximum atomic E-state index is 12.5. The van der Waals surface area contributed by atoms with Crippen molar-refractivity contribution < 1.29 is 4.79 Å². The molecule has 0 N–H and O–H groups in total. The first kappa shape index (κ1) is 17.5. The van der Waals surface area contributed by atoms with Gasteiger partial charge in [-0.2, -0.15) is 0 Å². The van der Waals surface area contributed by atoms with Crippen LogP contribution in [-0.2, 0) is 6.42 Å². The molecule has 0 radical (unpaired) electrons. The second kappa shape index (κ2) is 8.20. The van der Waals surface area contributed by atoms with Crippen molar-refractivity contribution in [2.24, 2.45) is 0 Å². The van der Waals surface area contributed by atoms with E-state index in [-0.39, 0.29) is 5.91 Å². The molecule has 0 fully saturated rings. The minimum atomic E-state index is -0.138. The molecule has 0 saturated carbocycles. The molecule has 0 unspecified atom stereocenters. The smallest absolute Gasteiger partial charge is 0.273 e. The van der Waals surface area contributed by atoms with Gasteiger partial charge in [0.1, 0.15) is 5.69 Å². The number of hydrogen-bond donors (Lipinski definition) is 0. The summed E-state index contributed by atoms with van der Waals surface area (Å²) in [4.78, 5) is 28.8. The predicted molar refractivity (Wildman–Crippen MR) is 101 cm³/mol. The topological polar surface area (TPSA) is 62.2 Å². The van der Waals surface area contributed by atoms with Gasteiger partial charge in [-0.15, -0.1) is 0 Å². The number of rotatable bonds is 6. The van der Waals surface area contributed by atoms with Crippen LogP contribution in [0.5, 0.6) is 0 Å². The lowest BCUT2D eigenvalue weighted by Crippen LogP contribution is -2.29. The number of pyridine rings is 1. The average Bonchev–Trinajstić information content (AvgIpc) is 2.72. The number of aromatic nitrogens is 3. The van der Waals surface area contributed by atoms with Crippen LogP contribution < -0.4 is 4.90 Å². The standard InChI is InChI=1S/C20H21N5O/c1-24(13-10-16-8-11-21-12-9-16)20(26)18-14-23-19(15-22-18)25(2)17-6-4-3-5-7-17/h3-9,11-12,14-15H,10,13H2,1-2H3. The van der Waals surface area contributed by atoms with Crippen LogP contribution in [0.4, 0.5) is 11.5 Å². The fourth-order valence-corrected chi connectivity index (χ4v) is 2.53. The van der Waals surface area contributed by atoms with E-state index in [1.54, 1.807) is 30.5 Å². The molecule has 6 nitrogen and oxygen atoms in total. The van der Waals surface area contributed by atoms with E-state index in [2.05, 4.69) is 15.0 Å². The summed E-state index contributed by atoms with van der Waals surface area (Å²) < 4.78 is 0. The van der Waals surface area contributed by atoms with Crippen LogP contribution in [0.25, 0.3) is 0 Å². The fourth-order valence-electron chi connectivity index (χ4n) is 2.53. The summed E-state index contributed by atoms with van der Waals surface area (Å²) in [5.74, 6) is 0.549. The monoisotopic (exact) mass is 347 g/mol. The lowest BCUT2D eigenvalue weighted by atomic mass is 10.2. The summed E-state index contributed by atoms with van der Waals surface area (Å²) in [7, 11) is 3.69. The molecular weight excluding hydrogens is 326 g/mol. The highest BCUT2D eigenvalue weighted by Gasteiger charge is 2.14. The zero-order valence-corrected chi connectivity index (χ0v) is 14.9. The number of hydrogen-bond acceptors (Lipinski definition) is 5. The van der Waals surface area contributed by atoms with Crippen molar-refractivity contribution in [3.8, 4) is 0 Å². The SMILES string of the molecule is CN(CCc1ccncc1)C(=O)c1cnc(N(C)c2ccccc2)cn1. The van der Waals surface area contributed by atoms with Gasteiger partial charge in [-0.05, 0) is 36.2 Å². The molecule has 1 amide bonds. The molecule has 132 valence electrons. The first-order valence-electron chi connectivity index (χ1n) is 8.40. The number of benzene rings is 1. The summed E-state index contributed by atoms with van der Waals surface area (Å²) in [6, 6.07) is 13.8. The van der Waals surface area contributed by atoms with Crippen LogP contribution in [-0.4, -0.2) is 46.4 Å². The van der Waals surface area contributed by atoms with Gasteiger partial charge in [-0.1, -0.05) is 18.2 Å². The molecule has 26 heavy (non-hydrogen) atoms. The van der Waals surface area contributed by atoms with Crippen molar-refractivity contribution in [3.05, 3.63) is 78.5 Å². The number of carbonyl (C=O) groups excluding carboxylic acids is 1. The van der Waals surface area contributed by atoms with E-state index in [9.17, 15) is 4.79 Å². The Labute approximate surface area is 153 Å². The Bertz CT molecular complexity index is 837. The van der Waals surface area contributed by atoms with Gasteiger partial charge in [0.05, 0.1) is 12.4 Å². The van der Waals surface area contributed by atoms with Crippen molar-refractivity contribution in [3.63, 3.8) is 0 Å². The van der Waals surface area contributed by atoms with Gasteiger partial charge in [-0.3, -0.25) is 9.78 Å². The van der Waals surface area contributed by atoms with Gasteiger partial charge in [0, 0.05) is 38.7 Å². The van der Waals surface area contributed by atoms with E-state index in [1.807, 2.05) is 54.4 Å². The molecule has 2 heterocycles. The number of amides is 1. The van der Waals surface area contributed by atoms with Crippen molar-refractivity contribution in [1.29, 1.82) is 0 Å². The van der Waals surface area contributed by atoms with Gasteiger partial charge >= 0.3 is 0 Å². The maximum Gasteiger partial charge on any atom is 0.273 e. The highest BCUT2D eigenvalue weighted by molar-refractivity contribution is 5.91. The normalized spacial score (nSPS) is 10.4. The Morgan fingerprint density at radius 1 is 0.962 bits per heavy atom. The Kier molecular flexibility index (Phi) is 5.53. The summed E-state index contributed by atoms with van der Waals surface area (Å²) in [5, 5.41) is 0. The van der Waals surface area contributed by atoms with Gasteiger partial charge in [0.2, 0.25) is 0 Å². The van der Waals surface area contributed by atoms with Crippen molar-refractivity contribution in [2.45, 2.75) is 6.42 Å². The third kappa shape index (κ3) is 4.22. The van der Waals surface area contributed by atoms with Crippen LogP contribution in [0, 0.1) is 0 Å². The largest absolute Gasteiger partial charge is 0.340 e. The molecule has 2 aromatic heterocycles. The molecule has 0 aliphatic rings. The first-order chi connectivity index (χ1) is 12.6. The summed E-state index contributed by atoms with van der Waals surface area (Å²) in [6.07, 6.45) is 7.43. The average molecular weight is 347 g/mol. The van der Waals surface area contributed by atoms with Crippen LogP contribution in [0.15, 0.2) is 67.3 Å². The molecule has 0 aliphatic carbocycles. The second-order valence-corrected chi connectivity index (χ2v) is 5.99. The molecule has 0 aliphatic heterocycles. The highest BCUT2D eigenvalue weighted by atomic mass is 16.2. The summed E-state index contributed by atoms with van der Waals surface area (Å²) in [5.41, 5.74) is 2.49. The van der Waals surface area contributed by atoms with Crippen LogP contribution in [0.3, 0.4) is 0 Å². The number of nitrogens with zero attached hydrogens (tertiary/aromatic N) is 5. The quantitative estimate of drug-likeness (QED) is 0.686. The van der Waals surface area contributed by atoms with E-state index in [4.69, 9.17) is 0 Å². The highest BCUT2D eigenvalue weighted by Crippen LogP contribution is 2.20. The molecule has 0 saturated heterocycles. The third-order valence-corrected chi connectivity index (χ3v) is 4.18. The summed E-state index contributed by atoms with van der Waals surface area (Å²) in [6.45, 7) is 0.607. The number of para-hydroxylation sites is 1. The van der Waals surface area contributed by atoms with Gasteiger partial charge in [-0.25, -0.2) is 9.97 Å². The minimum Gasteiger partial charge on any atom is -0.340 e. The zero-order chi connectivity index (χ0) is 18.4. The molecule has 3 aromatic rings.